The minimum atomic E-state index is -0.356. The monoisotopic (exact) mass is 388 g/mol. The van der Waals surface area contributed by atoms with Gasteiger partial charge in [0.1, 0.15) is 0 Å². The van der Waals surface area contributed by atoms with E-state index in [-0.39, 0.29) is 17.7 Å². The number of thioether (sulfide) groups is 1. The Morgan fingerprint density at radius 1 is 1.08 bits per heavy atom. The fourth-order valence-corrected chi connectivity index (χ4v) is 3.42. The molecule has 25 heavy (non-hydrogen) atoms. The summed E-state index contributed by atoms with van der Waals surface area (Å²) >= 11 is 12.7. The van der Waals surface area contributed by atoms with E-state index in [9.17, 15) is 9.59 Å². The van der Waals surface area contributed by atoms with Gasteiger partial charge in [-0.05, 0) is 53.2 Å². The van der Waals surface area contributed by atoms with Crippen molar-refractivity contribution >= 4 is 52.2 Å². The van der Waals surface area contributed by atoms with Crippen molar-refractivity contribution in [1.29, 1.82) is 5.26 Å². The number of rotatable bonds is 3. The molecule has 0 saturated carbocycles. The standard InChI is InChI=1S/C18H10Cl2N2O2S/c19-14-6-5-13(7-15(14)20)10-22-17(23)16(25-18(22)24)8-11-1-3-12(9-21)4-2-11/h1-8H,10H2/b16-8-. The molecule has 2 aromatic rings. The van der Waals surface area contributed by atoms with Gasteiger partial charge in [0.15, 0.2) is 0 Å². The third-order valence-electron chi connectivity index (χ3n) is 3.54. The predicted molar refractivity (Wildman–Crippen MR) is 99.1 cm³/mol. The van der Waals surface area contributed by atoms with Crippen molar-refractivity contribution in [3.05, 3.63) is 74.1 Å². The van der Waals surface area contributed by atoms with Crippen LogP contribution in [0.25, 0.3) is 6.08 Å². The normalized spacial score (nSPS) is 15.7. The number of nitriles is 1. The van der Waals surface area contributed by atoms with Gasteiger partial charge < -0.3 is 0 Å². The molecule has 4 nitrogen and oxygen atoms in total. The Kier molecular flexibility index (Phi) is 5.14. The molecule has 0 atom stereocenters. The number of hydrogen-bond acceptors (Lipinski definition) is 4. The van der Waals surface area contributed by atoms with Crippen LogP contribution >= 0.6 is 35.0 Å². The summed E-state index contributed by atoms with van der Waals surface area (Å²) in [5, 5.41) is 9.26. The van der Waals surface area contributed by atoms with Gasteiger partial charge in [0.25, 0.3) is 11.1 Å². The van der Waals surface area contributed by atoms with Crippen LogP contribution in [0.15, 0.2) is 47.4 Å². The quantitative estimate of drug-likeness (QED) is 0.685. The number of halogens is 2. The third kappa shape index (κ3) is 3.88. The van der Waals surface area contributed by atoms with E-state index in [1.54, 1.807) is 48.5 Å². The lowest BCUT2D eigenvalue weighted by Crippen LogP contribution is -2.27. The average Bonchev–Trinajstić information content (AvgIpc) is 2.86. The molecule has 1 fully saturated rings. The molecule has 1 aliphatic heterocycles. The lowest BCUT2D eigenvalue weighted by atomic mass is 10.1. The fourth-order valence-electron chi connectivity index (χ4n) is 2.26. The van der Waals surface area contributed by atoms with Crippen molar-refractivity contribution in [2.75, 3.05) is 0 Å². The van der Waals surface area contributed by atoms with Crippen LogP contribution in [0.2, 0.25) is 10.0 Å². The second-order valence-electron chi connectivity index (χ2n) is 5.25. The van der Waals surface area contributed by atoms with E-state index in [4.69, 9.17) is 28.5 Å². The molecular weight excluding hydrogens is 379 g/mol. The molecule has 1 heterocycles. The summed E-state index contributed by atoms with van der Waals surface area (Å²) in [5.74, 6) is -0.356. The molecule has 124 valence electrons. The summed E-state index contributed by atoms with van der Waals surface area (Å²) in [5.41, 5.74) is 2.00. The molecule has 0 N–H and O–H groups in total. The number of hydrogen-bond donors (Lipinski definition) is 0. The molecule has 1 saturated heterocycles. The van der Waals surface area contributed by atoms with Crippen molar-refractivity contribution in [1.82, 2.24) is 4.90 Å². The van der Waals surface area contributed by atoms with Crippen molar-refractivity contribution in [2.45, 2.75) is 6.54 Å². The maximum Gasteiger partial charge on any atom is 0.293 e. The van der Waals surface area contributed by atoms with Crippen LogP contribution in [-0.2, 0) is 11.3 Å². The first-order valence-corrected chi connectivity index (χ1v) is 8.74. The van der Waals surface area contributed by atoms with E-state index in [0.717, 1.165) is 22.9 Å². The fraction of sp³-hybridized carbons (Fsp3) is 0.0556. The smallest absolute Gasteiger partial charge is 0.268 e. The Balaban J connectivity index is 1.80. The number of carbonyl (C=O) groups excluding carboxylic acids is 2. The molecule has 2 amide bonds. The molecule has 0 unspecified atom stereocenters. The summed E-state index contributed by atoms with van der Waals surface area (Å²) in [6.45, 7) is 0.131. The van der Waals surface area contributed by atoms with Gasteiger partial charge in [-0.2, -0.15) is 5.26 Å². The van der Waals surface area contributed by atoms with Gasteiger partial charge in [-0.15, -0.1) is 0 Å². The molecule has 0 spiro atoms. The number of amides is 2. The molecule has 2 aromatic carbocycles. The first kappa shape index (κ1) is 17.6. The zero-order chi connectivity index (χ0) is 18.0. The molecule has 0 aromatic heterocycles. The lowest BCUT2D eigenvalue weighted by molar-refractivity contribution is -0.123. The number of benzene rings is 2. The van der Waals surface area contributed by atoms with Gasteiger partial charge in [0.05, 0.1) is 33.1 Å². The third-order valence-corrected chi connectivity index (χ3v) is 5.18. The summed E-state index contributed by atoms with van der Waals surface area (Å²) in [6.07, 6.45) is 1.64. The molecule has 1 aliphatic rings. The van der Waals surface area contributed by atoms with Gasteiger partial charge in [0, 0.05) is 0 Å². The number of imide groups is 1. The van der Waals surface area contributed by atoms with E-state index < -0.39 is 0 Å². The number of nitrogens with zero attached hydrogens (tertiary/aromatic N) is 2. The highest BCUT2D eigenvalue weighted by Crippen LogP contribution is 2.34. The molecule has 0 radical (unpaired) electrons. The van der Waals surface area contributed by atoms with E-state index >= 15 is 0 Å². The van der Waals surface area contributed by atoms with Crippen LogP contribution in [0.1, 0.15) is 16.7 Å². The second kappa shape index (κ2) is 7.32. The first-order valence-electron chi connectivity index (χ1n) is 7.17. The van der Waals surface area contributed by atoms with Crippen molar-refractivity contribution < 1.29 is 9.59 Å². The summed E-state index contributed by atoms with van der Waals surface area (Å²) in [4.78, 5) is 26.2. The van der Waals surface area contributed by atoms with E-state index in [2.05, 4.69) is 0 Å². The molecule has 0 aliphatic carbocycles. The van der Waals surface area contributed by atoms with E-state index in [1.165, 1.54) is 4.90 Å². The van der Waals surface area contributed by atoms with Crippen molar-refractivity contribution in [2.24, 2.45) is 0 Å². The van der Waals surface area contributed by atoms with Gasteiger partial charge in [-0.1, -0.05) is 41.4 Å². The zero-order valence-electron chi connectivity index (χ0n) is 12.7. The van der Waals surface area contributed by atoms with Crippen LogP contribution in [0, 0.1) is 11.3 Å². The minimum absolute atomic E-state index is 0.131. The van der Waals surface area contributed by atoms with Crippen LogP contribution in [-0.4, -0.2) is 16.0 Å². The maximum atomic E-state index is 12.5. The summed E-state index contributed by atoms with van der Waals surface area (Å²) in [6, 6.07) is 13.8. The van der Waals surface area contributed by atoms with Gasteiger partial charge in [0.2, 0.25) is 0 Å². The van der Waals surface area contributed by atoms with E-state index in [1.807, 2.05) is 6.07 Å². The van der Waals surface area contributed by atoms with Crippen LogP contribution < -0.4 is 0 Å². The molecule has 0 bridgehead atoms. The SMILES string of the molecule is N#Cc1ccc(/C=C2\SC(=O)N(Cc3ccc(Cl)c(Cl)c3)C2=O)cc1. The summed E-state index contributed by atoms with van der Waals surface area (Å²) < 4.78 is 0. The molecule has 3 rings (SSSR count). The Bertz CT molecular complexity index is 933. The summed E-state index contributed by atoms with van der Waals surface area (Å²) in [7, 11) is 0. The van der Waals surface area contributed by atoms with Crippen LogP contribution in [0.5, 0.6) is 0 Å². The maximum absolute atomic E-state index is 12.5. The Labute approximate surface area is 158 Å². The molecule has 7 heteroatoms. The topological polar surface area (TPSA) is 61.2 Å². The van der Waals surface area contributed by atoms with Gasteiger partial charge in [-0.25, -0.2) is 0 Å². The van der Waals surface area contributed by atoms with Gasteiger partial charge >= 0.3 is 0 Å². The van der Waals surface area contributed by atoms with Crippen molar-refractivity contribution in [3.63, 3.8) is 0 Å². The highest BCUT2D eigenvalue weighted by molar-refractivity contribution is 8.18. The van der Waals surface area contributed by atoms with Crippen LogP contribution in [0.3, 0.4) is 0 Å². The second-order valence-corrected chi connectivity index (χ2v) is 7.06. The Hall–Kier alpha value is -2.26. The van der Waals surface area contributed by atoms with Gasteiger partial charge in [-0.3, -0.25) is 14.5 Å². The minimum Gasteiger partial charge on any atom is -0.268 e. The lowest BCUT2D eigenvalue weighted by Gasteiger charge is -2.12. The average molecular weight is 389 g/mol. The van der Waals surface area contributed by atoms with E-state index in [0.29, 0.717) is 20.5 Å². The van der Waals surface area contributed by atoms with Crippen molar-refractivity contribution in [3.8, 4) is 6.07 Å². The highest BCUT2D eigenvalue weighted by atomic mass is 35.5. The van der Waals surface area contributed by atoms with Crippen LogP contribution in [0.4, 0.5) is 4.79 Å². The predicted octanol–water partition coefficient (Wildman–Crippen LogP) is 5.10. The highest BCUT2D eigenvalue weighted by Gasteiger charge is 2.35. The number of carbonyl (C=O) groups is 2. The largest absolute Gasteiger partial charge is 0.293 e. The first-order chi connectivity index (χ1) is 12.0. The zero-order valence-corrected chi connectivity index (χ0v) is 15.0. The Morgan fingerprint density at radius 3 is 2.44 bits per heavy atom. The molecular formula is C18H10Cl2N2O2S. The Morgan fingerprint density at radius 2 is 1.80 bits per heavy atom.